The lowest BCUT2D eigenvalue weighted by Gasteiger charge is -2.30. The minimum absolute atomic E-state index is 0.106. The number of amides is 1. The van der Waals surface area contributed by atoms with Gasteiger partial charge in [-0.25, -0.2) is 12.8 Å². The molecule has 5 nitrogen and oxygen atoms in total. The van der Waals surface area contributed by atoms with Crippen LogP contribution in [0.15, 0.2) is 52.3 Å². The molecule has 2 aromatic carbocycles. The Kier molecular flexibility index (Phi) is 7.33. The number of alkyl halides is 2. The van der Waals surface area contributed by atoms with Crippen LogP contribution in [0.1, 0.15) is 12.8 Å². The molecule has 0 aromatic heterocycles. The van der Waals surface area contributed by atoms with E-state index in [1.165, 1.54) is 16.4 Å². The van der Waals surface area contributed by atoms with Crippen LogP contribution in [-0.4, -0.2) is 37.5 Å². The van der Waals surface area contributed by atoms with Crippen LogP contribution >= 0.6 is 23.4 Å². The van der Waals surface area contributed by atoms with Gasteiger partial charge in [0.2, 0.25) is 15.9 Å². The molecule has 162 valence electrons. The third-order valence-corrected chi connectivity index (χ3v) is 7.57. The Balaban J connectivity index is 1.61. The number of benzene rings is 2. The number of nitrogens with zero attached hydrogens (tertiary/aromatic N) is 1. The molecule has 0 spiro atoms. The molecule has 30 heavy (non-hydrogen) atoms. The van der Waals surface area contributed by atoms with Crippen LogP contribution in [0.2, 0.25) is 5.02 Å². The number of piperidine rings is 1. The molecular weight excluding hydrogens is 461 g/mol. The fraction of sp³-hybridized carbons (Fsp3) is 0.316. The van der Waals surface area contributed by atoms with Gasteiger partial charge in [0.1, 0.15) is 5.82 Å². The number of anilines is 1. The van der Waals surface area contributed by atoms with Crippen molar-refractivity contribution in [3.63, 3.8) is 0 Å². The molecule has 1 saturated heterocycles. The van der Waals surface area contributed by atoms with E-state index in [1.807, 2.05) is 0 Å². The van der Waals surface area contributed by atoms with E-state index >= 15 is 0 Å². The molecule has 1 heterocycles. The third kappa shape index (κ3) is 5.48. The zero-order valence-electron chi connectivity index (χ0n) is 15.5. The third-order valence-electron chi connectivity index (χ3n) is 4.68. The SMILES string of the molecule is O=C(Nc1cccc(SC(F)F)c1)C1CCN(S(=O)(=O)c2ccc(F)c(Cl)c2)CC1. The summed E-state index contributed by atoms with van der Waals surface area (Å²) in [6, 6.07) is 9.38. The van der Waals surface area contributed by atoms with Crippen molar-refractivity contribution in [2.75, 3.05) is 18.4 Å². The molecule has 0 radical (unpaired) electrons. The molecule has 1 aliphatic heterocycles. The van der Waals surface area contributed by atoms with Gasteiger partial charge in [-0.1, -0.05) is 29.4 Å². The van der Waals surface area contributed by atoms with Gasteiger partial charge in [-0.15, -0.1) is 0 Å². The van der Waals surface area contributed by atoms with E-state index in [4.69, 9.17) is 11.6 Å². The average Bonchev–Trinajstić information content (AvgIpc) is 2.70. The van der Waals surface area contributed by atoms with Gasteiger partial charge >= 0.3 is 0 Å². The topological polar surface area (TPSA) is 66.5 Å². The van der Waals surface area contributed by atoms with Gasteiger partial charge in [0, 0.05) is 29.6 Å². The highest BCUT2D eigenvalue weighted by Gasteiger charge is 2.32. The maximum Gasteiger partial charge on any atom is 0.288 e. The van der Waals surface area contributed by atoms with Crippen LogP contribution in [-0.2, 0) is 14.8 Å². The van der Waals surface area contributed by atoms with Crippen molar-refractivity contribution >= 4 is 45.0 Å². The van der Waals surface area contributed by atoms with Crippen molar-refractivity contribution in [2.45, 2.75) is 28.4 Å². The monoisotopic (exact) mass is 478 g/mol. The second kappa shape index (κ2) is 9.59. The highest BCUT2D eigenvalue weighted by molar-refractivity contribution is 7.99. The normalized spacial score (nSPS) is 16.0. The van der Waals surface area contributed by atoms with Crippen LogP contribution in [0.5, 0.6) is 0 Å². The highest BCUT2D eigenvalue weighted by atomic mass is 35.5. The minimum Gasteiger partial charge on any atom is -0.326 e. The van der Waals surface area contributed by atoms with Gasteiger partial charge in [-0.2, -0.15) is 13.1 Å². The summed E-state index contributed by atoms with van der Waals surface area (Å²) in [5.41, 5.74) is 0.404. The van der Waals surface area contributed by atoms with E-state index in [9.17, 15) is 26.4 Å². The summed E-state index contributed by atoms with van der Waals surface area (Å²) >= 11 is 6.07. The van der Waals surface area contributed by atoms with E-state index in [1.54, 1.807) is 12.1 Å². The number of halogens is 4. The maximum atomic E-state index is 13.3. The summed E-state index contributed by atoms with van der Waals surface area (Å²) in [5.74, 6) is -3.98. The molecule has 0 atom stereocenters. The molecule has 3 rings (SSSR count). The zero-order valence-corrected chi connectivity index (χ0v) is 17.9. The van der Waals surface area contributed by atoms with Crippen molar-refractivity contribution < 1.29 is 26.4 Å². The van der Waals surface area contributed by atoms with Crippen LogP contribution in [0.4, 0.5) is 18.9 Å². The summed E-state index contributed by atoms with van der Waals surface area (Å²) < 4.78 is 65.0. The smallest absolute Gasteiger partial charge is 0.288 e. The molecule has 0 aliphatic carbocycles. The molecule has 2 aromatic rings. The number of hydrogen-bond donors (Lipinski definition) is 1. The van der Waals surface area contributed by atoms with Crippen LogP contribution in [0, 0.1) is 11.7 Å². The molecule has 1 N–H and O–H groups in total. The summed E-state index contributed by atoms with van der Waals surface area (Å²) in [6.07, 6.45) is 0.594. The van der Waals surface area contributed by atoms with Gasteiger partial charge in [0.05, 0.1) is 9.92 Å². The molecule has 1 amide bonds. The minimum atomic E-state index is -3.85. The first-order chi connectivity index (χ1) is 14.2. The van der Waals surface area contributed by atoms with E-state index in [0.717, 1.165) is 18.2 Å². The molecule has 11 heteroatoms. The van der Waals surface area contributed by atoms with Gasteiger partial charge in [0.15, 0.2) is 0 Å². The van der Waals surface area contributed by atoms with E-state index in [0.29, 0.717) is 35.2 Å². The number of hydrogen-bond acceptors (Lipinski definition) is 4. The first-order valence-corrected chi connectivity index (χ1v) is 11.7. The van der Waals surface area contributed by atoms with Crippen molar-refractivity contribution in [2.24, 2.45) is 5.92 Å². The van der Waals surface area contributed by atoms with E-state index in [2.05, 4.69) is 5.32 Å². The molecule has 0 bridgehead atoms. The average molecular weight is 479 g/mol. The van der Waals surface area contributed by atoms with Crippen molar-refractivity contribution in [1.82, 2.24) is 4.31 Å². The maximum absolute atomic E-state index is 13.3. The van der Waals surface area contributed by atoms with Crippen LogP contribution < -0.4 is 5.32 Å². The Morgan fingerprint density at radius 3 is 2.50 bits per heavy atom. The molecule has 0 unspecified atom stereocenters. The van der Waals surface area contributed by atoms with Gasteiger partial charge in [0.25, 0.3) is 5.76 Å². The number of sulfonamides is 1. The van der Waals surface area contributed by atoms with Crippen molar-refractivity contribution in [1.29, 1.82) is 0 Å². The highest BCUT2D eigenvalue weighted by Crippen LogP contribution is 2.29. The Bertz CT molecular complexity index is 1030. The Morgan fingerprint density at radius 2 is 1.87 bits per heavy atom. The molecule has 0 saturated carbocycles. The standard InChI is InChI=1S/C19H18ClF3N2O3S2/c20-16-11-15(4-5-17(16)21)30(27,28)25-8-6-12(7-9-25)18(26)24-13-2-1-3-14(10-13)29-19(22)23/h1-5,10-12,19H,6-9H2,(H,24,26). The number of carbonyl (C=O) groups is 1. The molecule has 1 fully saturated rings. The zero-order chi connectivity index (χ0) is 21.9. The summed E-state index contributed by atoms with van der Waals surface area (Å²) in [4.78, 5) is 12.7. The second-order valence-electron chi connectivity index (χ2n) is 6.65. The fourth-order valence-corrected chi connectivity index (χ4v) is 5.44. The number of rotatable bonds is 6. The van der Waals surface area contributed by atoms with Gasteiger partial charge in [-0.05, 0) is 49.2 Å². The summed E-state index contributed by atoms with van der Waals surface area (Å²) in [7, 11) is -3.85. The second-order valence-corrected chi connectivity index (χ2v) is 10.1. The van der Waals surface area contributed by atoms with Gasteiger partial charge in [-0.3, -0.25) is 4.79 Å². The fourth-order valence-electron chi connectivity index (χ4n) is 3.14. The van der Waals surface area contributed by atoms with E-state index < -0.39 is 27.5 Å². The predicted octanol–water partition coefficient (Wildman–Crippen LogP) is 4.83. The quantitative estimate of drug-likeness (QED) is 0.604. The molecular formula is C19H18ClF3N2O3S2. The first-order valence-electron chi connectivity index (χ1n) is 8.98. The van der Waals surface area contributed by atoms with Crippen LogP contribution in [0.3, 0.4) is 0 Å². The summed E-state index contributed by atoms with van der Waals surface area (Å²) in [6.45, 7) is 0.243. The van der Waals surface area contributed by atoms with Gasteiger partial charge < -0.3 is 5.32 Å². The molecule has 1 aliphatic rings. The van der Waals surface area contributed by atoms with Crippen molar-refractivity contribution in [3.05, 3.63) is 53.3 Å². The lowest BCUT2D eigenvalue weighted by Crippen LogP contribution is -2.41. The lowest BCUT2D eigenvalue weighted by molar-refractivity contribution is -0.120. The Labute approximate surface area is 181 Å². The van der Waals surface area contributed by atoms with Crippen LogP contribution in [0.25, 0.3) is 0 Å². The Hall–Kier alpha value is -1.75. The lowest BCUT2D eigenvalue weighted by atomic mass is 9.97. The number of nitrogens with one attached hydrogen (secondary N) is 1. The number of thioether (sulfide) groups is 1. The largest absolute Gasteiger partial charge is 0.326 e. The summed E-state index contributed by atoms with van der Waals surface area (Å²) in [5, 5.41) is 2.42. The Morgan fingerprint density at radius 1 is 1.17 bits per heavy atom. The van der Waals surface area contributed by atoms with E-state index in [-0.39, 0.29) is 28.9 Å². The first kappa shape index (κ1) is 22.9. The predicted molar refractivity (Wildman–Crippen MR) is 110 cm³/mol. The number of carbonyl (C=O) groups excluding carboxylic acids is 1. The van der Waals surface area contributed by atoms with Crippen molar-refractivity contribution in [3.8, 4) is 0 Å².